The number of hydrogen-bond acceptors (Lipinski definition) is 2. The van der Waals surface area contributed by atoms with E-state index in [1.165, 1.54) is 0 Å². The van der Waals surface area contributed by atoms with Crippen molar-refractivity contribution in [2.45, 2.75) is 40.2 Å². The molecule has 2 aromatic carbocycles. The van der Waals surface area contributed by atoms with Crippen molar-refractivity contribution >= 4 is 40.4 Å². The first kappa shape index (κ1) is 23.6. The van der Waals surface area contributed by atoms with Crippen molar-refractivity contribution in [2.24, 2.45) is 0 Å². The van der Waals surface area contributed by atoms with E-state index in [0.29, 0.717) is 23.7 Å². The molecular weight excluding hydrogens is 422 g/mol. The van der Waals surface area contributed by atoms with Gasteiger partial charge < -0.3 is 14.8 Å². The SMILES string of the molecule is CCCN(CCC)C(=O)/C(=C/c1cn(CC)c2ccccc12)NC(=O)c1ccccc1Cl. The number of rotatable bonds is 9. The van der Waals surface area contributed by atoms with E-state index in [0.717, 1.165) is 35.9 Å². The summed E-state index contributed by atoms with van der Waals surface area (Å²) in [5, 5.41) is 4.23. The summed E-state index contributed by atoms with van der Waals surface area (Å²) in [6, 6.07) is 14.9. The minimum Gasteiger partial charge on any atom is -0.347 e. The van der Waals surface area contributed by atoms with Crippen molar-refractivity contribution in [2.75, 3.05) is 13.1 Å². The van der Waals surface area contributed by atoms with Crippen LogP contribution in [0.1, 0.15) is 49.5 Å². The number of nitrogens with zero attached hydrogens (tertiary/aromatic N) is 2. The molecule has 6 heteroatoms. The van der Waals surface area contributed by atoms with Crippen LogP contribution in [-0.2, 0) is 11.3 Å². The Kier molecular flexibility index (Phi) is 8.12. The molecule has 0 radical (unpaired) electrons. The fraction of sp³-hybridized carbons (Fsp3) is 0.308. The van der Waals surface area contributed by atoms with E-state index in [-0.39, 0.29) is 11.6 Å². The maximum Gasteiger partial charge on any atom is 0.270 e. The zero-order valence-corrected chi connectivity index (χ0v) is 19.7. The molecule has 0 spiro atoms. The van der Waals surface area contributed by atoms with E-state index in [1.807, 2.05) is 38.2 Å². The normalized spacial score (nSPS) is 11.6. The lowest BCUT2D eigenvalue weighted by atomic mass is 10.1. The third-order valence-electron chi connectivity index (χ3n) is 5.33. The number of hydrogen-bond donors (Lipinski definition) is 1. The Morgan fingerprint density at radius 1 is 1.00 bits per heavy atom. The lowest BCUT2D eigenvalue weighted by Gasteiger charge is -2.23. The van der Waals surface area contributed by atoms with Crippen LogP contribution in [0.5, 0.6) is 0 Å². The molecule has 3 rings (SSSR count). The Morgan fingerprint density at radius 3 is 2.31 bits per heavy atom. The molecule has 1 heterocycles. The largest absolute Gasteiger partial charge is 0.347 e. The van der Waals surface area contributed by atoms with Crippen LogP contribution in [0.2, 0.25) is 5.02 Å². The van der Waals surface area contributed by atoms with E-state index in [2.05, 4.69) is 22.9 Å². The van der Waals surface area contributed by atoms with Crippen LogP contribution in [0.3, 0.4) is 0 Å². The van der Waals surface area contributed by atoms with Gasteiger partial charge in [0.2, 0.25) is 0 Å². The molecule has 0 aliphatic rings. The van der Waals surface area contributed by atoms with Gasteiger partial charge in [-0.25, -0.2) is 0 Å². The van der Waals surface area contributed by atoms with Crippen LogP contribution in [0.4, 0.5) is 0 Å². The van der Waals surface area contributed by atoms with E-state index in [4.69, 9.17) is 11.6 Å². The number of nitrogens with one attached hydrogen (secondary N) is 1. The Hall–Kier alpha value is -3.05. The average molecular weight is 452 g/mol. The van der Waals surface area contributed by atoms with Gasteiger partial charge in [0.25, 0.3) is 11.8 Å². The maximum atomic E-state index is 13.5. The third kappa shape index (κ3) is 5.22. The lowest BCUT2D eigenvalue weighted by molar-refractivity contribution is -0.127. The van der Waals surface area contributed by atoms with Gasteiger partial charge in [0.05, 0.1) is 10.6 Å². The second kappa shape index (κ2) is 11.0. The van der Waals surface area contributed by atoms with E-state index in [9.17, 15) is 9.59 Å². The number of para-hydroxylation sites is 1. The van der Waals surface area contributed by atoms with Crippen molar-refractivity contribution < 1.29 is 9.59 Å². The van der Waals surface area contributed by atoms with Crippen LogP contribution in [0.15, 0.2) is 60.4 Å². The number of benzene rings is 2. The highest BCUT2D eigenvalue weighted by Gasteiger charge is 2.21. The van der Waals surface area contributed by atoms with Gasteiger partial charge in [0.1, 0.15) is 5.70 Å². The molecule has 5 nitrogen and oxygen atoms in total. The van der Waals surface area contributed by atoms with Gasteiger partial charge in [0.15, 0.2) is 0 Å². The van der Waals surface area contributed by atoms with Gasteiger partial charge >= 0.3 is 0 Å². The standard InChI is InChI=1S/C26H30ClN3O2/c1-4-15-30(16-5-2)26(32)23(28-25(31)21-12-7-9-13-22(21)27)17-19-18-29(6-3)24-14-10-8-11-20(19)24/h7-14,17-18H,4-6,15-16H2,1-3H3,(H,28,31)/b23-17-. The fourth-order valence-corrected chi connectivity index (χ4v) is 4.04. The van der Waals surface area contributed by atoms with Crippen LogP contribution >= 0.6 is 11.6 Å². The molecular formula is C26H30ClN3O2. The summed E-state index contributed by atoms with van der Waals surface area (Å²) in [5.74, 6) is -0.593. The quantitative estimate of drug-likeness (QED) is 0.422. The lowest BCUT2D eigenvalue weighted by Crippen LogP contribution is -2.39. The fourth-order valence-electron chi connectivity index (χ4n) is 3.82. The zero-order chi connectivity index (χ0) is 23.1. The molecule has 0 saturated carbocycles. The zero-order valence-electron chi connectivity index (χ0n) is 18.9. The highest BCUT2D eigenvalue weighted by molar-refractivity contribution is 6.34. The topological polar surface area (TPSA) is 54.3 Å². The number of amides is 2. The van der Waals surface area contributed by atoms with Crippen molar-refractivity contribution in [3.8, 4) is 0 Å². The van der Waals surface area contributed by atoms with Gasteiger partial charge in [0, 0.05) is 42.3 Å². The molecule has 2 amide bonds. The van der Waals surface area contributed by atoms with Gasteiger partial charge in [-0.1, -0.05) is 55.8 Å². The summed E-state index contributed by atoms with van der Waals surface area (Å²) in [7, 11) is 0. The molecule has 0 bridgehead atoms. The molecule has 0 saturated heterocycles. The van der Waals surface area contributed by atoms with Gasteiger partial charge in [-0.05, 0) is 44.0 Å². The van der Waals surface area contributed by atoms with E-state index in [1.54, 1.807) is 35.2 Å². The minimum atomic E-state index is -0.401. The number of halogens is 1. The van der Waals surface area contributed by atoms with Crippen LogP contribution in [-0.4, -0.2) is 34.4 Å². The van der Waals surface area contributed by atoms with Crippen molar-refractivity contribution in [3.05, 3.63) is 76.6 Å². The van der Waals surface area contributed by atoms with Crippen molar-refractivity contribution in [1.82, 2.24) is 14.8 Å². The molecule has 32 heavy (non-hydrogen) atoms. The van der Waals surface area contributed by atoms with E-state index >= 15 is 0 Å². The van der Waals surface area contributed by atoms with Crippen LogP contribution in [0, 0.1) is 0 Å². The van der Waals surface area contributed by atoms with Crippen LogP contribution in [0.25, 0.3) is 17.0 Å². The van der Waals surface area contributed by atoms with Gasteiger partial charge in [-0.3, -0.25) is 9.59 Å². The van der Waals surface area contributed by atoms with Gasteiger partial charge in [-0.15, -0.1) is 0 Å². The Bertz CT molecular complexity index is 1130. The van der Waals surface area contributed by atoms with Crippen LogP contribution < -0.4 is 5.32 Å². The Morgan fingerprint density at radius 2 is 1.66 bits per heavy atom. The second-order valence-corrected chi connectivity index (χ2v) is 8.08. The number of aromatic nitrogens is 1. The Labute approximate surface area is 194 Å². The summed E-state index contributed by atoms with van der Waals surface area (Å²) >= 11 is 6.23. The molecule has 168 valence electrons. The monoisotopic (exact) mass is 451 g/mol. The average Bonchev–Trinajstić information content (AvgIpc) is 3.16. The second-order valence-electron chi connectivity index (χ2n) is 7.67. The Balaban J connectivity index is 2.07. The number of aryl methyl sites for hydroxylation is 1. The molecule has 0 fully saturated rings. The summed E-state index contributed by atoms with van der Waals surface area (Å²) in [5.41, 5.74) is 2.56. The first-order valence-electron chi connectivity index (χ1n) is 11.1. The predicted octanol–water partition coefficient (Wildman–Crippen LogP) is 5.73. The smallest absolute Gasteiger partial charge is 0.270 e. The summed E-state index contributed by atoms with van der Waals surface area (Å²) in [6.45, 7) is 8.22. The minimum absolute atomic E-state index is 0.192. The first-order chi connectivity index (χ1) is 15.5. The molecule has 1 N–H and O–H groups in total. The molecule has 3 aromatic rings. The first-order valence-corrected chi connectivity index (χ1v) is 11.5. The van der Waals surface area contributed by atoms with Crippen molar-refractivity contribution in [3.63, 3.8) is 0 Å². The number of carbonyl (C=O) groups is 2. The summed E-state index contributed by atoms with van der Waals surface area (Å²) in [4.78, 5) is 28.3. The van der Waals surface area contributed by atoms with E-state index < -0.39 is 5.91 Å². The molecule has 1 aromatic heterocycles. The number of carbonyl (C=O) groups excluding carboxylic acids is 2. The highest BCUT2D eigenvalue weighted by Crippen LogP contribution is 2.24. The van der Waals surface area contributed by atoms with Crippen molar-refractivity contribution in [1.29, 1.82) is 0 Å². The molecule has 0 unspecified atom stereocenters. The van der Waals surface area contributed by atoms with Gasteiger partial charge in [-0.2, -0.15) is 0 Å². The maximum absolute atomic E-state index is 13.5. The number of fused-ring (bicyclic) bond motifs is 1. The molecule has 0 aliphatic carbocycles. The summed E-state index contributed by atoms with van der Waals surface area (Å²) < 4.78 is 2.13. The third-order valence-corrected chi connectivity index (χ3v) is 5.66. The summed E-state index contributed by atoms with van der Waals surface area (Å²) in [6.07, 6.45) is 5.48. The molecule has 0 aliphatic heterocycles. The predicted molar refractivity (Wildman–Crippen MR) is 132 cm³/mol. The highest BCUT2D eigenvalue weighted by atomic mass is 35.5. The molecule has 0 atom stereocenters.